The first kappa shape index (κ1) is 15.2. The van der Waals surface area contributed by atoms with E-state index in [0.29, 0.717) is 28.6 Å². The fraction of sp³-hybridized carbons (Fsp3) is 0.417. The Hall–Kier alpha value is -1.82. The molecule has 0 saturated heterocycles. The van der Waals surface area contributed by atoms with E-state index in [0.717, 1.165) is 0 Å². The minimum absolute atomic E-state index is 0.0470. The van der Waals surface area contributed by atoms with E-state index in [2.05, 4.69) is 10.5 Å². The molecule has 0 amide bonds. The molecule has 19 heavy (non-hydrogen) atoms. The zero-order chi connectivity index (χ0) is 14.4. The molecule has 7 heteroatoms. The maximum atomic E-state index is 8.54. The van der Waals surface area contributed by atoms with E-state index in [-0.39, 0.29) is 11.9 Å². The van der Waals surface area contributed by atoms with Gasteiger partial charge in [0.05, 0.1) is 24.9 Å². The van der Waals surface area contributed by atoms with E-state index in [1.165, 1.54) is 7.11 Å². The molecule has 4 N–H and O–H groups in total. The molecule has 6 nitrogen and oxygen atoms in total. The van der Waals surface area contributed by atoms with Gasteiger partial charge in [-0.1, -0.05) is 16.8 Å². The molecule has 0 fully saturated rings. The third-order valence-corrected chi connectivity index (χ3v) is 2.81. The third kappa shape index (κ3) is 4.10. The van der Waals surface area contributed by atoms with Gasteiger partial charge in [0.25, 0.3) is 0 Å². The first-order chi connectivity index (χ1) is 9.01. The van der Waals surface area contributed by atoms with Gasteiger partial charge in [-0.05, 0) is 13.0 Å². The highest BCUT2D eigenvalue weighted by Crippen LogP contribution is 2.36. The molecule has 1 aromatic carbocycles. The Kier molecular flexibility index (Phi) is 5.57. The lowest BCUT2D eigenvalue weighted by Gasteiger charge is -2.18. The van der Waals surface area contributed by atoms with Crippen LogP contribution in [0.2, 0.25) is 5.02 Å². The first-order valence-electron chi connectivity index (χ1n) is 5.66. The summed E-state index contributed by atoms with van der Waals surface area (Å²) in [5, 5.41) is 15.1. The van der Waals surface area contributed by atoms with Crippen molar-refractivity contribution in [2.45, 2.75) is 19.4 Å². The van der Waals surface area contributed by atoms with Gasteiger partial charge < -0.3 is 25.7 Å². The Labute approximate surface area is 117 Å². The summed E-state index contributed by atoms with van der Waals surface area (Å²) in [6.07, 6.45) is 0.392. The Morgan fingerprint density at radius 2 is 2.05 bits per heavy atom. The zero-order valence-corrected chi connectivity index (χ0v) is 11.9. The number of anilines is 1. The van der Waals surface area contributed by atoms with Crippen LogP contribution < -0.4 is 20.5 Å². The number of halogens is 1. The molecule has 0 radical (unpaired) electrons. The van der Waals surface area contributed by atoms with Crippen LogP contribution in [0.4, 0.5) is 5.69 Å². The number of oxime groups is 1. The highest BCUT2D eigenvalue weighted by atomic mass is 35.5. The van der Waals surface area contributed by atoms with Crippen LogP contribution in [-0.2, 0) is 0 Å². The number of amidine groups is 1. The van der Waals surface area contributed by atoms with Gasteiger partial charge in [-0.3, -0.25) is 0 Å². The highest BCUT2D eigenvalue weighted by molar-refractivity contribution is 6.32. The molecule has 0 aromatic heterocycles. The Balaban J connectivity index is 2.91. The average molecular weight is 288 g/mol. The predicted octanol–water partition coefficient (Wildman–Crippen LogP) is 2.29. The molecule has 1 aromatic rings. The van der Waals surface area contributed by atoms with Crippen molar-refractivity contribution < 1.29 is 14.7 Å². The van der Waals surface area contributed by atoms with Crippen molar-refractivity contribution in [3.8, 4) is 11.5 Å². The van der Waals surface area contributed by atoms with E-state index < -0.39 is 0 Å². The number of nitrogens with one attached hydrogen (secondary N) is 1. The van der Waals surface area contributed by atoms with E-state index in [1.54, 1.807) is 19.2 Å². The van der Waals surface area contributed by atoms with E-state index in [4.69, 9.17) is 32.0 Å². The minimum Gasteiger partial charge on any atom is -0.495 e. The SMILES string of the molecule is COc1cc(OC)c(NC(C)CC(N)=NO)cc1Cl. The number of rotatable bonds is 6. The van der Waals surface area contributed by atoms with Gasteiger partial charge in [-0.2, -0.15) is 0 Å². The van der Waals surface area contributed by atoms with Crippen molar-refractivity contribution in [1.29, 1.82) is 0 Å². The topological polar surface area (TPSA) is 89.1 Å². The van der Waals surface area contributed by atoms with Gasteiger partial charge in [0.15, 0.2) is 0 Å². The van der Waals surface area contributed by atoms with E-state index >= 15 is 0 Å². The second-order valence-corrected chi connectivity index (χ2v) is 4.44. The quantitative estimate of drug-likeness (QED) is 0.323. The van der Waals surface area contributed by atoms with Crippen molar-refractivity contribution in [2.24, 2.45) is 10.9 Å². The summed E-state index contributed by atoms with van der Waals surface area (Å²) < 4.78 is 10.4. The molecule has 0 saturated carbocycles. The fourth-order valence-corrected chi connectivity index (χ4v) is 1.88. The Morgan fingerprint density at radius 3 is 2.58 bits per heavy atom. The second-order valence-electron chi connectivity index (χ2n) is 4.03. The Bertz CT molecular complexity index is 466. The fourth-order valence-electron chi connectivity index (χ4n) is 1.64. The summed E-state index contributed by atoms with van der Waals surface area (Å²) in [5.41, 5.74) is 6.17. The predicted molar refractivity (Wildman–Crippen MR) is 75.7 cm³/mol. The highest BCUT2D eigenvalue weighted by Gasteiger charge is 2.12. The summed E-state index contributed by atoms with van der Waals surface area (Å²) >= 11 is 6.07. The van der Waals surface area contributed by atoms with Crippen LogP contribution in [0.15, 0.2) is 17.3 Å². The zero-order valence-electron chi connectivity index (χ0n) is 11.1. The van der Waals surface area contributed by atoms with Crippen LogP contribution in [0, 0.1) is 0 Å². The minimum atomic E-state index is -0.0470. The molecular formula is C12H18ClN3O3. The lowest BCUT2D eigenvalue weighted by Crippen LogP contribution is -2.24. The molecule has 1 rings (SSSR count). The second kappa shape index (κ2) is 6.94. The van der Waals surface area contributed by atoms with Gasteiger partial charge in [0, 0.05) is 18.5 Å². The first-order valence-corrected chi connectivity index (χ1v) is 6.04. The maximum absolute atomic E-state index is 8.54. The summed E-state index contributed by atoms with van der Waals surface area (Å²) in [7, 11) is 3.09. The Morgan fingerprint density at radius 1 is 1.42 bits per heavy atom. The number of nitrogens with two attached hydrogens (primary N) is 1. The van der Waals surface area contributed by atoms with Crippen LogP contribution in [-0.4, -0.2) is 31.3 Å². The molecule has 1 atom stereocenters. The molecular weight excluding hydrogens is 270 g/mol. The van der Waals surface area contributed by atoms with Gasteiger partial charge >= 0.3 is 0 Å². The van der Waals surface area contributed by atoms with Crippen molar-refractivity contribution in [3.63, 3.8) is 0 Å². The summed E-state index contributed by atoms with van der Waals surface area (Å²) in [5.74, 6) is 1.29. The molecule has 0 spiro atoms. The molecule has 106 valence electrons. The summed E-state index contributed by atoms with van der Waals surface area (Å²) in [6.45, 7) is 1.90. The average Bonchev–Trinajstić information content (AvgIpc) is 2.38. The number of nitrogens with zero attached hydrogens (tertiary/aromatic N) is 1. The number of ether oxygens (including phenoxy) is 2. The van der Waals surface area contributed by atoms with Crippen LogP contribution in [0.1, 0.15) is 13.3 Å². The third-order valence-electron chi connectivity index (χ3n) is 2.52. The van der Waals surface area contributed by atoms with Crippen LogP contribution >= 0.6 is 11.6 Å². The smallest absolute Gasteiger partial charge is 0.145 e. The summed E-state index contributed by atoms with van der Waals surface area (Å²) in [4.78, 5) is 0. The number of benzene rings is 1. The number of methoxy groups -OCH3 is 2. The maximum Gasteiger partial charge on any atom is 0.145 e. The lowest BCUT2D eigenvalue weighted by atomic mass is 10.2. The summed E-state index contributed by atoms with van der Waals surface area (Å²) in [6, 6.07) is 3.36. The van der Waals surface area contributed by atoms with Crippen LogP contribution in [0.5, 0.6) is 11.5 Å². The van der Waals surface area contributed by atoms with E-state index in [9.17, 15) is 0 Å². The molecule has 0 aliphatic carbocycles. The molecule has 0 heterocycles. The van der Waals surface area contributed by atoms with Gasteiger partial charge in [-0.25, -0.2) is 0 Å². The van der Waals surface area contributed by atoms with Gasteiger partial charge in [-0.15, -0.1) is 0 Å². The number of hydrogen-bond donors (Lipinski definition) is 3. The van der Waals surface area contributed by atoms with Crippen LogP contribution in [0.3, 0.4) is 0 Å². The molecule has 0 aliphatic rings. The molecule has 1 unspecified atom stereocenters. The number of hydrogen-bond acceptors (Lipinski definition) is 5. The van der Waals surface area contributed by atoms with Crippen molar-refractivity contribution in [3.05, 3.63) is 17.2 Å². The molecule has 0 bridgehead atoms. The monoisotopic (exact) mass is 287 g/mol. The lowest BCUT2D eigenvalue weighted by molar-refractivity contribution is 0.316. The molecule has 0 aliphatic heterocycles. The van der Waals surface area contributed by atoms with E-state index in [1.807, 2.05) is 6.92 Å². The van der Waals surface area contributed by atoms with Crippen molar-refractivity contribution in [2.75, 3.05) is 19.5 Å². The largest absolute Gasteiger partial charge is 0.495 e. The standard InChI is InChI=1S/C12H18ClN3O3/c1-7(4-12(14)16-17)15-9-5-8(13)10(18-2)6-11(9)19-3/h5-7,15,17H,4H2,1-3H3,(H2,14,16). The van der Waals surface area contributed by atoms with Crippen molar-refractivity contribution >= 4 is 23.1 Å². The van der Waals surface area contributed by atoms with Gasteiger partial charge in [0.1, 0.15) is 17.3 Å². The van der Waals surface area contributed by atoms with Crippen molar-refractivity contribution in [1.82, 2.24) is 0 Å². The normalized spacial score (nSPS) is 12.9. The van der Waals surface area contributed by atoms with Crippen LogP contribution in [0.25, 0.3) is 0 Å². The van der Waals surface area contributed by atoms with Gasteiger partial charge in [0.2, 0.25) is 0 Å².